The Balaban J connectivity index is 1.51. The van der Waals surface area contributed by atoms with Gasteiger partial charge in [0.2, 0.25) is 0 Å². The number of aromatic nitrogens is 2. The molecule has 2 aromatic heterocycles. The summed E-state index contributed by atoms with van der Waals surface area (Å²) in [4.78, 5) is 21.4. The van der Waals surface area contributed by atoms with Crippen LogP contribution in [0.15, 0.2) is 47.4 Å². The number of fused-ring (bicyclic) bond motifs is 1. The first kappa shape index (κ1) is 22.9. The molecular weight excluding hydrogens is 439 g/mol. The van der Waals surface area contributed by atoms with E-state index in [4.69, 9.17) is 9.47 Å². The number of benzene rings is 1. The van der Waals surface area contributed by atoms with Crippen LogP contribution < -0.4 is 20.9 Å². The molecule has 11 heteroatoms. The number of ether oxygens (including phenoxy) is 2. The van der Waals surface area contributed by atoms with Gasteiger partial charge in [0.1, 0.15) is 30.5 Å². The molecular formula is C22H24F3N5O3. The monoisotopic (exact) mass is 463 g/mol. The van der Waals surface area contributed by atoms with Crippen molar-refractivity contribution >= 4 is 28.1 Å². The van der Waals surface area contributed by atoms with Crippen molar-refractivity contribution < 1.29 is 22.6 Å². The van der Waals surface area contributed by atoms with Crippen LogP contribution in [0.1, 0.15) is 0 Å². The third-order valence-corrected chi connectivity index (χ3v) is 5.10. The minimum Gasteiger partial charge on any atom is -0.492 e. The lowest BCUT2D eigenvalue weighted by molar-refractivity contribution is -0.115. The number of rotatable bonds is 8. The Bertz CT molecular complexity index is 1150. The van der Waals surface area contributed by atoms with E-state index in [0.29, 0.717) is 23.4 Å². The number of pyridine rings is 2. The summed E-state index contributed by atoms with van der Waals surface area (Å²) in [6, 6.07) is 10.1. The second kappa shape index (κ2) is 10.1. The van der Waals surface area contributed by atoms with Gasteiger partial charge in [-0.2, -0.15) is 13.2 Å². The quantitative estimate of drug-likeness (QED) is 0.472. The van der Waals surface area contributed by atoms with Crippen molar-refractivity contribution in [2.75, 3.05) is 56.6 Å². The maximum atomic E-state index is 12.6. The fraction of sp³-hybridized carbons (Fsp3) is 0.364. The van der Waals surface area contributed by atoms with Crippen LogP contribution in [-0.2, 0) is 4.74 Å². The molecule has 0 spiro atoms. The second-order valence-electron chi connectivity index (χ2n) is 7.55. The molecule has 8 nitrogen and oxygen atoms in total. The standard InChI is InChI=1S/C22H24F3N5O3/c23-22(24,25)14-27-18-12-15-4-5-26-21(31)19(15)20(29-18)28-16-2-1-3-17(13-16)33-11-8-30-6-9-32-10-7-30/h1-5,12-13H,6-11,14H2,(H,26,31)(H2,27,28,29). The number of nitrogens with one attached hydrogen (secondary N) is 3. The highest BCUT2D eigenvalue weighted by atomic mass is 19.4. The lowest BCUT2D eigenvalue weighted by Gasteiger charge is -2.26. The van der Waals surface area contributed by atoms with Crippen molar-refractivity contribution in [2.24, 2.45) is 0 Å². The van der Waals surface area contributed by atoms with Gasteiger partial charge < -0.3 is 25.1 Å². The molecule has 1 aliphatic heterocycles. The molecule has 1 aliphatic rings. The van der Waals surface area contributed by atoms with Gasteiger partial charge in [-0.05, 0) is 29.7 Å². The zero-order valence-electron chi connectivity index (χ0n) is 17.7. The number of nitrogens with zero attached hydrogens (tertiary/aromatic N) is 2. The van der Waals surface area contributed by atoms with Gasteiger partial charge in [-0.1, -0.05) is 6.07 Å². The number of H-pyrrole nitrogens is 1. The third-order valence-electron chi connectivity index (χ3n) is 5.10. The molecule has 0 atom stereocenters. The van der Waals surface area contributed by atoms with Crippen LogP contribution in [0.4, 0.5) is 30.5 Å². The van der Waals surface area contributed by atoms with Crippen LogP contribution >= 0.6 is 0 Å². The van der Waals surface area contributed by atoms with Crippen molar-refractivity contribution in [3.05, 3.63) is 52.9 Å². The molecule has 1 saturated heterocycles. The fourth-order valence-corrected chi connectivity index (χ4v) is 3.50. The topological polar surface area (TPSA) is 91.5 Å². The average Bonchev–Trinajstić information content (AvgIpc) is 2.78. The number of hydrogen-bond acceptors (Lipinski definition) is 7. The SMILES string of the molecule is O=c1[nH]ccc2cc(NCC(F)(F)F)nc(Nc3cccc(OCCN4CCOCC4)c3)c12. The number of aromatic amines is 1. The van der Waals surface area contributed by atoms with Gasteiger partial charge >= 0.3 is 6.18 Å². The van der Waals surface area contributed by atoms with Crippen molar-refractivity contribution in [3.63, 3.8) is 0 Å². The summed E-state index contributed by atoms with van der Waals surface area (Å²) in [5, 5.41) is 6.01. The summed E-state index contributed by atoms with van der Waals surface area (Å²) in [6.07, 6.45) is -2.96. The van der Waals surface area contributed by atoms with Crippen LogP contribution in [0.5, 0.6) is 5.75 Å². The Labute approximate surface area is 187 Å². The Hall–Kier alpha value is -3.31. The molecule has 0 amide bonds. The van der Waals surface area contributed by atoms with E-state index in [1.165, 1.54) is 12.3 Å². The fourth-order valence-electron chi connectivity index (χ4n) is 3.50. The lowest BCUT2D eigenvalue weighted by Crippen LogP contribution is -2.38. The molecule has 176 valence electrons. The highest BCUT2D eigenvalue weighted by Crippen LogP contribution is 2.27. The molecule has 3 heterocycles. The molecule has 0 aliphatic carbocycles. The highest BCUT2D eigenvalue weighted by Gasteiger charge is 2.27. The van der Waals surface area contributed by atoms with Gasteiger partial charge in [-0.3, -0.25) is 9.69 Å². The number of halogens is 3. The highest BCUT2D eigenvalue weighted by molar-refractivity contribution is 5.94. The third kappa shape index (κ3) is 6.36. The van der Waals surface area contributed by atoms with Gasteiger partial charge in [0, 0.05) is 37.6 Å². The predicted molar refractivity (Wildman–Crippen MR) is 119 cm³/mol. The van der Waals surface area contributed by atoms with Gasteiger partial charge in [-0.15, -0.1) is 0 Å². The molecule has 0 saturated carbocycles. The summed E-state index contributed by atoms with van der Waals surface area (Å²) >= 11 is 0. The maximum absolute atomic E-state index is 12.6. The summed E-state index contributed by atoms with van der Waals surface area (Å²) in [6.45, 7) is 3.22. The Kier molecular flexibility index (Phi) is 6.99. The summed E-state index contributed by atoms with van der Waals surface area (Å²) in [7, 11) is 0. The van der Waals surface area contributed by atoms with E-state index in [0.717, 1.165) is 32.8 Å². The Morgan fingerprint density at radius 2 is 2.00 bits per heavy atom. The molecule has 3 N–H and O–H groups in total. The number of anilines is 3. The lowest BCUT2D eigenvalue weighted by atomic mass is 10.2. The van der Waals surface area contributed by atoms with Crippen molar-refractivity contribution in [1.29, 1.82) is 0 Å². The average molecular weight is 463 g/mol. The summed E-state index contributed by atoms with van der Waals surface area (Å²) in [5.41, 5.74) is 0.187. The van der Waals surface area contributed by atoms with E-state index in [-0.39, 0.29) is 17.0 Å². The maximum Gasteiger partial charge on any atom is 0.405 e. The molecule has 1 aromatic carbocycles. The van der Waals surface area contributed by atoms with E-state index in [2.05, 4.69) is 25.5 Å². The summed E-state index contributed by atoms with van der Waals surface area (Å²) in [5.74, 6) is 0.771. The van der Waals surface area contributed by atoms with Gasteiger partial charge in [0.05, 0.1) is 18.6 Å². The van der Waals surface area contributed by atoms with E-state index in [1.54, 1.807) is 24.3 Å². The molecule has 0 radical (unpaired) electrons. The molecule has 0 unspecified atom stereocenters. The van der Waals surface area contributed by atoms with E-state index in [9.17, 15) is 18.0 Å². The van der Waals surface area contributed by atoms with E-state index in [1.807, 2.05) is 6.07 Å². The Morgan fingerprint density at radius 1 is 1.18 bits per heavy atom. The van der Waals surface area contributed by atoms with E-state index < -0.39 is 18.3 Å². The minimum absolute atomic E-state index is 0.00541. The van der Waals surface area contributed by atoms with E-state index >= 15 is 0 Å². The first-order valence-corrected chi connectivity index (χ1v) is 10.5. The first-order chi connectivity index (χ1) is 15.9. The van der Waals surface area contributed by atoms with Crippen LogP contribution in [0.2, 0.25) is 0 Å². The smallest absolute Gasteiger partial charge is 0.405 e. The zero-order valence-corrected chi connectivity index (χ0v) is 17.7. The molecule has 0 bridgehead atoms. The van der Waals surface area contributed by atoms with Crippen LogP contribution in [0.25, 0.3) is 10.8 Å². The number of alkyl halides is 3. The van der Waals surface area contributed by atoms with Gasteiger partial charge in [-0.25, -0.2) is 4.98 Å². The first-order valence-electron chi connectivity index (χ1n) is 10.5. The van der Waals surface area contributed by atoms with Crippen molar-refractivity contribution in [2.45, 2.75) is 6.18 Å². The van der Waals surface area contributed by atoms with Crippen LogP contribution in [0, 0.1) is 0 Å². The molecule has 4 rings (SSSR count). The normalized spacial score (nSPS) is 14.9. The summed E-state index contributed by atoms with van der Waals surface area (Å²) < 4.78 is 49.1. The second-order valence-corrected chi connectivity index (χ2v) is 7.55. The molecule has 1 fully saturated rings. The minimum atomic E-state index is -4.40. The molecule has 3 aromatic rings. The van der Waals surface area contributed by atoms with Crippen molar-refractivity contribution in [3.8, 4) is 5.75 Å². The van der Waals surface area contributed by atoms with Crippen molar-refractivity contribution in [1.82, 2.24) is 14.9 Å². The largest absolute Gasteiger partial charge is 0.492 e. The zero-order chi connectivity index (χ0) is 23.3. The Morgan fingerprint density at radius 3 is 2.79 bits per heavy atom. The molecule has 33 heavy (non-hydrogen) atoms. The predicted octanol–water partition coefficient (Wildman–Crippen LogP) is 3.35. The van der Waals surface area contributed by atoms with Gasteiger partial charge in [0.15, 0.2) is 0 Å². The van der Waals surface area contributed by atoms with Gasteiger partial charge in [0.25, 0.3) is 5.56 Å². The van der Waals surface area contributed by atoms with Crippen LogP contribution in [0.3, 0.4) is 0 Å². The number of morpholine rings is 1. The number of hydrogen-bond donors (Lipinski definition) is 3. The van der Waals surface area contributed by atoms with Crippen LogP contribution in [-0.4, -0.2) is 67.0 Å².